The van der Waals surface area contributed by atoms with Crippen LogP contribution in [0.25, 0.3) is 0 Å². The molecule has 0 saturated heterocycles. The molecule has 0 bridgehead atoms. The Morgan fingerprint density at radius 1 is 0.957 bits per heavy atom. The minimum atomic E-state index is -2.10. The molecule has 0 aliphatic carbocycles. The van der Waals surface area contributed by atoms with Gasteiger partial charge in [0.05, 0.1) is 13.2 Å². The molecule has 1 rings (SSSR count). The van der Waals surface area contributed by atoms with Crippen LogP contribution in [0.4, 0.5) is 0 Å². The van der Waals surface area contributed by atoms with Crippen LogP contribution in [0.2, 0.25) is 18.1 Å². The van der Waals surface area contributed by atoms with E-state index < -0.39 is 8.32 Å². The minimum absolute atomic E-state index is 0.0498. The molecule has 0 heterocycles. The van der Waals surface area contributed by atoms with Gasteiger partial charge in [-0.3, -0.25) is 0 Å². The van der Waals surface area contributed by atoms with E-state index in [9.17, 15) is 4.80 Å². The standard InChI is InChI=1S/C19H34O3Si/c1-6-7-15-21-17-12-8-9-13-18(17)22-16-11-10-14-19(2,3)23(4,5)20/h8-9,12-13,20H,6-7,10-11,14-16H2,1-5H3. The first kappa shape index (κ1) is 20.0. The normalized spacial score (nSPS) is 12.3. The van der Waals surface area contributed by atoms with Gasteiger partial charge in [0, 0.05) is 0 Å². The van der Waals surface area contributed by atoms with Crippen molar-refractivity contribution in [3.8, 4) is 11.5 Å². The van der Waals surface area contributed by atoms with Gasteiger partial charge in [-0.15, -0.1) is 0 Å². The number of para-hydroxylation sites is 2. The Hall–Kier alpha value is -1.00. The van der Waals surface area contributed by atoms with Crippen molar-refractivity contribution in [2.45, 2.75) is 71.0 Å². The monoisotopic (exact) mass is 338 g/mol. The fraction of sp³-hybridized carbons (Fsp3) is 0.684. The van der Waals surface area contributed by atoms with Crippen LogP contribution in [-0.2, 0) is 0 Å². The van der Waals surface area contributed by atoms with Crippen LogP contribution in [-0.4, -0.2) is 26.3 Å². The van der Waals surface area contributed by atoms with Gasteiger partial charge in [-0.05, 0) is 55.9 Å². The second-order valence-corrected chi connectivity index (χ2v) is 11.9. The van der Waals surface area contributed by atoms with E-state index in [0.717, 1.165) is 50.2 Å². The van der Waals surface area contributed by atoms with Crippen molar-refractivity contribution in [1.29, 1.82) is 0 Å². The van der Waals surface area contributed by atoms with Gasteiger partial charge in [-0.1, -0.05) is 39.3 Å². The van der Waals surface area contributed by atoms with E-state index in [2.05, 4.69) is 20.8 Å². The maximum Gasteiger partial charge on any atom is 0.188 e. The third kappa shape index (κ3) is 6.96. The molecule has 1 N–H and O–H groups in total. The number of ether oxygens (including phenoxy) is 2. The lowest BCUT2D eigenvalue weighted by molar-refractivity contribution is 0.258. The summed E-state index contributed by atoms with van der Waals surface area (Å²) in [6.07, 6.45) is 5.30. The van der Waals surface area contributed by atoms with Gasteiger partial charge in [0.25, 0.3) is 0 Å². The van der Waals surface area contributed by atoms with Crippen molar-refractivity contribution in [2.75, 3.05) is 13.2 Å². The minimum Gasteiger partial charge on any atom is -0.490 e. The van der Waals surface area contributed by atoms with Crippen LogP contribution in [0.3, 0.4) is 0 Å². The Morgan fingerprint density at radius 3 is 1.96 bits per heavy atom. The molecular formula is C19H34O3Si. The molecule has 0 radical (unpaired) electrons. The largest absolute Gasteiger partial charge is 0.490 e. The molecule has 0 amide bonds. The zero-order chi connectivity index (χ0) is 17.3. The Morgan fingerprint density at radius 2 is 1.48 bits per heavy atom. The summed E-state index contributed by atoms with van der Waals surface area (Å²) in [7, 11) is -2.10. The molecule has 0 saturated carbocycles. The van der Waals surface area contributed by atoms with E-state index in [1.54, 1.807) is 0 Å². The molecule has 0 aliphatic heterocycles. The molecule has 132 valence electrons. The van der Waals surface area contributed by atoms with Gasteiger partial charge in [-0.2, -0.15) is 0 Å². The molecular weight excluding hydrogens is 304 g/mol. The van der Waals surface area contributed by atoms with E-state index in [1.165, 1.54) is 0 Å². The van der Waals surface area contributed by atoms with E-state index >= 15 is 0 Å². The topological polar surface area (TPSA) is 38.7 Å². The summed E-state index contributed by atoms with van der Waals surface area (Å²) < 4.78 is 11.7. The molecule has 23 heavy (non-hydrogen) atoms. The lowest BCUT2D eigenvalue weighted by Gasteiger charge is -2.35. The zero-order valence-corrected chi connectivity index (χ0v) is 16.5. The second kappa shape index (κ2) is 9.33. The lowest BCUT2D eigenvalue weighted by atomic mass is 10.1. The van der Waals surface area contributed by atoms with Crippen molar-refractivity contribution < 1.29 is 14.3 Å². The average Bonchev–Trinajstić information content (AvgIpc) is 2.47. The van der Waals surface area contributed by atoms with Crippen molar-refractivity contribution in [3.63, 3.8) is 0 Å². The smallest absolute Gasteiger partial charge is 0.188 e. The van der Waals surface area contributed by atoms with E-state index in [-0.39, 0.29) is 5.04 Å². The van der Waals surface area contributed by atoms with E-state index in [4.69, 9.17) is 9.47 Å². The number of benzene rings is 1. The first-order chi connectivity index (χ1) is 10.8. The molecule has 4 heteroatoms. The Balaban J connectivity index is 2.36. The van der Waals surface area contributed by atoms with Gasteiger partial charge in [0.15, 0.2) is 19.8 Å². The quantitative estimate of drug-likeness (QED) is 0.434. The van der Waals surface area contributed by atoms with Crippen LogP contribution >= 0.6 is 0 Å². The highest BCUT2D eigenvalue weighted by Crippen LogP contribution is 2.40. The molecule has 0 spiro atoms. The van der Waals surface area contributed by atoms with Crippen LogP contribution < -0.4 is 9.47 Å². The van der Waals surface area contributed by atoms with E-state index in [1.807, 2.05) is 37.4 Å². The summed E-state index contributed by atoms with van der Waals surface area (Å²) in [5, 5.41) is 0.0498. The third-order valence-corrected chi connectivity index (χ3v) is 8.28. The summed E-state index contributed by atoms with van der Waals surface area (Å²) in [6.45, 7) is 12.0. The highest BCUT2D eigenvalue weighted by atomic mass is 28.4. The second-order valence-electron chi connectivity index (χ2n) is 7.40. The maximum atomic E-state index is 10.3. The summed E-state index contributed by atoms with van der Waals surface area (Å²) in [5.74, 6) is 1.67. The molecule has 0 fully saturated rings. The first-order valence-corrected chi connectivity index (χ1v) is 11.8. The van der Waals surface area contributed by atoms with Crippen molar-refractivity contribution >= 4 is 8.32 Å². The summed E-state index contributed by atoms with van der Waals surface area (Å²) in [6, 6.07) is 7.89. The van der Waals surface area contributed by atoms with Crippen LogP contribution in [0.15, 0.2) is 24.3 Å². The SMILES string of the molecule is CCCCOc1ccccc1OCCCCC(C)(C)[Si](C)(C)O. The summed E-state index contributed by atoms with van der Waals surface area (Å²) >= 11 is 0. The molecule has 0 unspecified atom stereocenters. The van der Waals surface area contributed by atoms with E-state index in [0.29, 0.717) is 6.61 Å². The number of unbranched alkanes of at least 4 members (excludes halogenated alkanes) is 2. The zero-order valence-electron chi connectivity index (χ0n) is 15.5. The molecule has 1 aromatic carbocycles. The highest BCUT2D eigenvalue weighted by Gasteiger charge is 2.37. The first-order valence-electron chi connectivity index (χ1n) is 8.85. The van der Waals surface area contributed by atoms with Crippen LogP contribution in [0.5, 0.6) is 11.5 Å². The number of rotatable bonds is 11. The predicted octanol–water partition coefficient (Wildman–Crippen LogP) is 5.39. The fourth-order valence-corrected chi connectivity index (χ4v) is 2.96. The van der Waals surface area contributed by atoms with Gasteiger partial charge in [0.1, 0.15) is 0 Å². The molecule has 0 atom stereocenters. The van der Waals surface area contributed by atoms with Gasteiger partial charge in [0.2, 0.25) is 0 Å². The van der Waals surface area contributed by atoms with Gasteiger partial charge < -0.3 is 14.3 Å². The Kier molecular flexibility index (Phi) is 8.13. The van der Waals surface area contributed by atoms with Crippen LogP contribution in [0.1, 0.15) is 52.9 Å². The summed E-state index contributed by atoms with van der Waals surface area (Å²) in [5.41, 5.74) is 0. The number of hydrogen-bond acceptors (Lipinski definition) is 3. The van der Waals surface area contributed by atoms with Crippen LogP contribution in [0, 0.1) is 0 Å². The summed E-state index contributed by atoms with van der Waals surface area (Å²) in [4.78, 5) is 10.3. The molecule has 0 aromatic heterocycles. The fourth-order valence-electron chi connectivity index (χ4n) is 2.17. The Labute approximate surface area is 143 Å². The lowest BCUT2D eigenvalue weighted by Crippen LogP contribution is -2.38. The van der Waals surface area contributed by atoms with Crippen molar-refractivity contribution in [3.05, 3.63) is 24.3 Å². The number of hydrogen-bond donors (Lipinski definition) is 1. The molecule has 0 aliphatic rings. The van der Waals surface area contributed by atoms with Crippen molar-refractivity contribution in [1.82, 2.24) is 0 Å². The third-order valence-electron chi connectivity index (χ3n) is 4.71. The predicted molar refractivity (Wildman–Crippen MR) is 99.9 cm³/mol. The molecule has 1 aromatic rings. The van der Waals surface area contributed by atoms with Crippen molar-refractivity contribution in [2.24, 2.45) is 0 Å². The average molecular weight is 339 g/mol. The maximum absolute atomic E-state index is 10.3. The van der Waals surface area contributed by atoms with Gasteiger partial charge >= 0.3 is 0 Å². The Bertz CT molecular complexity index is 452. The molecule has 3 nitrogen and oxygen atoms in total. The highest BCUT2D eigenvalue weighted by molar-refractivity contribution is 6.72. The van der Waals surface area contributed by atoms with Gasteiger partial charge in [-0.25, -0.2) is 0 Å².